The summed E-state index contributed by atoms with van der Waals surface area (Å²) in [5.41, 5.74) is 9.80. The highest BCUT2D eigenvalue weighted by Crippen LogP contribution is 2.29. The van der Waals surface area contributed by atoms with Gasteiger partial charge in [0.1, 0.15) is 11.3 Å². The number of aryl methyl sites for hydroxylation is 4. The number of nitrogens with zero attached hydrogens (tertiary/aromatic N) is 4. The smallest absolute Gasteiger partial charge is 0.227 e. The van der Waals surface area contributed by atoms with Crippen LogP contribution in [-0.4, -0.2) is 16.3 Å². The minimum Gasteiger partial charge on any atom is -0.507 e. The molecule has 5 aromatic rings. The molecule has 1 N–H and O–H groups in total. The summed E-state index contributed by atoms with van der Waals surface area (Å²) in [5.74, 6) is 0.661. The standard InChI is InChI=1S/C30H26N4O2/c1-18-8-9-25(12-19(18)2)33-34-26-10-11-28(35)23(16-26)17-31-24-7-5-6-22(15-24)30-32-27-13-20(3)21(4)14-29(27)36-30/h5-17,35H,1-4H3. The normalized spacial score (nSPS) is 11.8. The Labute approximate surface area is 209 Å². The molecule has 0 radical (unpaired) electrons. The fourth-order valence-corrected chi connectivity index (χ4v) is 3.78. The van der Waals surface area contributed by atoms with Crippen molar-refractivity contribution in [2.45, 2.75) is 27.7 Å². The molecule has 0 aliphatic carbocycles. The van der Waals surface area contributed by atoms with Crippen molar-refractivity contribution >= 4 is 34.4 Å². The summed E-state index contributed by atoms with van der Waals surface area (Å²) < 4.78 is 5.99. The SMILES string of the molecule is Cc1ccc(N=Nc2ccc(O)c(C=Nc3cccc(-c4nc5cc(C)c(C)cc5o4)c3)c2)cc1C. The van der Waals surface area contributed by atoms with Gasteiger partial charge >= 0.3 is 0 Å². The topological polar surface area (TPSA) is 83.3 Å². The molecule has 1 aromatic heterocycles. The lowest BCUT2D eigenvalue weighted by molar-refractivity contribution is 0.474. The van der Waals surface area contributed by atoms with Gasteiger partial charge in [-0.25, -0.2) is 4.98 Å². The number of hydrogen-bond acceptors (Lipinski definition) is 6. The van der Waals surface area contributed by atoms with E-state index in [1.807, 2.05) is 61.5 Å². The summed E-state index contributed by atoms with van der Waals surface area (Å²) in [6.07, 6.45) is 1.61. The molecule has 0 amide bonds. The second kappa shape index (κ2) is 9.58. The maximum Gasteiger partial charge on any atom is 0.227 e. The first-order chi connectivity index (χ1) is 17.4. The summed E-state index contributed by atoms with van der Waals surface area (Å²) >= 11 is 0. The molecule has 0 unspecified atom stereocenters. The minimum atomic E-state index is 0.115. The predicted octanol–water partition coefficient (Wildman–Crippen LogP) is 8.60. The van der Waals surface area contributed by atoms with Gasteiger partial charge in [0, 0.05) is 17.3 Å². The Balaban J connectivity index is 1.39. The van der Waals surface area contributed by atoms with Crippen LogP contribution in [-0.2, 0) is 0 Å². The van der Waals surface area contributed by atoms with Crippen LogP contribution in [0.4, 0.5) is 17.1 Å². The van der Waals surface area contributed by atoms with Crippen molar-refractivity contribution in [1.82, 2.24) is 4.98 Å². The number of fused-ring (bicyclic) bond motifs is 1. The molecule has 5 rings (SSSR count). The minimum absolute atomic E-state index is 0.115. The van der Waals surface area contributed by atoms with Gasteiger partial charge in [-0.1, -0.05) is 12.1 Å². The van der Waals surface area contributed by atoms with E-state index in [9.17, 15) is 5.11 Å². The molecule has 0 fully saturated rings. The molecular weight excluding hydrogens is 448 g/mol. The Morgan fingerprint density at radius 3 is 2.25 bits per heavy atom. The van der Waals surface area contributed by atoms with Crippen molar-refractivity contribution in [2.24, 2.45) is 15.2 Å². The maximum atomic E-state index is 10.3. The second-order valence-corrected chi connectivity index (χ2v) is 8.94. The number of benzene rings is 4. The van der Waals surface area contributed by atoms with Crippen molar-refractivity contribution < 1.29 is 9.52 Å². The van der Waals surface area contributed by atoms with Crippen LogP contribution in [0, 0.1) is 27.7 Å². The molecule has 0 aliphatic rings. The van der Waals surface area contributed by atoms with E-state index >= 15 is 0 Å². The predicted molar refractivity (Wildman–Crippen MR) is 144 cm³/mol. The summed E-state index contributed by atoms with van der Waals surface area (Å²) in [6, 6.07) is 22.7. The molecule has 0 saturated carbocycles. The quantitative estimate of drug-likeness (QED) is 0.204. The van der Waals surface area contributed by atoms with E-state index in [4.69, 9.17) is 4.42 Å². The molecule has 0 spiro atoms. The number of azo groups is 1. The second-order valence-electron chi connectivity index (χ2n) is 8.94. The molecule has 36 heavy (non-hydrogen) atoms. The highest BCUT2D eigenvalue weighted by atomic mass is 16.3. The third-order valence-electron chi connectivity index (χ3n) is 6.23. The first-order valence-electron chi connectivity index (χ1n) is 11.7. The van der Waals surface area contributed by atoms with Crippen molar-refractivity contribution in [3.8, 4) is 17.2 Å². The number of aromatic hydroxyl groups is 1. The van der Waals surface area contributed by atoms with E-state index in [0.29, 0.717) is 22.8 Å². The number of hydrogen-bond donors (Lipinski definition) is 1. The number of phenolic OH excluding ortho intramolecular Hbond substituents is 1. The van der Waals surface area contributed by atoms with Crippen molar-refractivity contribution in [1.29, 1.82) is 0 Å². The highest BCUT2D eigenvalue weighted by molar-refractivity contribution is 5.87. The maximum absolute atomic E-state index is 10.3. The Bertz CT molecular complexity index is 1610. The van der Waals surface area contributed by atoms with Crippen LogP contribution in [0.25, 0.3) is 22.6 Å². The average molecular weight is 475 g/mol. The van der Waals surface area contributed by atoms with Gasteiger partial charge in [-0.05, 0) is 111 Å². The van der Waals surface area contributed by atoms with E-state index < -0.39 is 0 Å². The first-order valence-corrected chi connectivity index (χ1v) is 11.7. The van der Waals surface area contributed by atoms with Gasteiger partial charge in [0.15, 0.2) is 5.58 Å². The van der Waals surface area contributed by atoms with Gasteiger partial charge < -0.3 is 9.52 Å². The van der Waals surface area contributed by atoms with Gasteiger partial charge in [0.05, 0.1) is 17.1 Å². The number of phenols is 1. The monoisotopic (exact) mass is 474 g/mol. The van der Waals surface area contributed by atoms with Crippen LogP contribution < -0.4 is 0 Å². The van der Waals surface area contributed by atoms with Crippen LogP contribution in [0.2, 0.25) is 0 Å². The summed E-state index contributed by atoms with van der Waals surface area (Å²) in [5, 5.41) is 19.0. The Morgan fingerprint density at radius 1 is 0.722 bits per heavy atom. The lowest BCUT2D eigenvalue weighted by Gasteiger charge is -2.02. The van der Waals surface area contributed by atoms with Gasteiger partial charge in [-0.15, -0.1) is 0 Å². The van der Waals surface area contributed by atoms with Crippen molar-refractivity contribution in [3.05, 3.63) is 101 Å². The molecule has 6 heteroatoms. The Kier molecular flexibility index (Phi) is 6.17. The van der Waals surface area contributed by atoms with Crippen molar-refractivity contribution in [2.75, 3.05) is 0 Å². The Hall–Kier alpha value is -4.58. The van der Waals surface area contributed by atoms with E-state index in [1.165, 1.54) is 16.7 Å². The first kappa shape index (κ1) is 23.2. The third-order valence-corrected chi connectivity index (χ3v) is 6.23. The molecule has 0 atom stereocenters. The molecule has 6 nitrogen and oxygen atoms in total. The molecular formula is C30H26N4O2. The zero-order valence-corrected chi connectivity index (χ0v) is 20.6. The lowest BCUT2D eigenvalue weighted by atomic mass is 10.1. The fourth-order valence-electron chi connectivity index (χ4n) is 3.78. The number of aromatic nitrogens is 1. The molecule has 0 bridgehead atoms. The highest BCUT2D eigenvalue weighted by Gasteiger charge is 2.10. The van der Waals surface area contributed by atoms with Crippen molar-refractivity contribution in [3.63, 3.8) is 0 Å². The van der Waals surface area contributed by atoms with Crippen LogP contribution in [0.15, 0.2) is 92.4 Å². The number of rotatable bonds is 5. The third kappa shape index (κ3) is 4.93. The van der Waals surface area contributed by atoms with Crippen LogP contribution in [0.5, 0.6) is 5.75 Å². The zero-order valence-electron chi connectivity index (χ0n) is 20.6. The van der Waals surface area contributed by atoms with Gasteiger partial charge in [0.25, 0.3) is 0 Å². The Morgan fingerprint density at radius 2 is 1.44 bits per heavy atom. The lowest BCUT2D eigenvalue weighted by Crippen LogP contribution is -1.83. The van der Waals surface area contributed by atoms with Gasteiger partial charge in [-0.2, -0.15) is 10.2 Å². The molecule has 178 valence electrons. The summed E-state index contributed by atoms with van der Waals surface area (Å²) in [6.45, 7) is 8.23. The van der Waals surface area contributed by atoms with Crippen LogP contribution >= 0.6 is 0 Å². The zero-order chi connectivity index (χ0) is 25.2. The molecule has 0 aliphatic heterocycles. The fraction of sp³-hybridized carbons (Fsp3) is 0.133. The number of oxazole rings is 1. The summed E-state index contributed by atoms with van der Waals surface area (Å²) in [7, 11) is 0. The molecule has 4 aromatic carbocycles. The van der Waals surface area contributed by atoms with Crippen LogP contribution in [0.1, 0.15) is 27.8 Å². The molecule has 0 saturated heterocycles. The van der Waals surface area contributed by atoms with E-state index in [2.05, 4.69) is 41.0 Å². The van der Waals surface area contributed by atoms with E-state index in [-0.39, 0.29) is 5.75 Å². The average Bonchev–Trinajstić information content (AvgIpc) is 3.28. The van der Waals surface area contributed by atoms with Gasteiger partial charge in [0.2, 0.25) is 5.89 Å². The van der Waals surface area contributed by atoms with E-state index in [1.54, 1.807) is 24.4 Å². The molecule has 1 heterocycles. The van der Waals surface area contributed by atoms with E-state index in [0.717, 1.165) is 27.9 Å². The number of aliphatic imine (C=N–C) groups is 1. The van der Waals surface area contributed by atoms with Crippen LogP contribution in [0.3, 0.4) is 0 Å². The summed E-state index contributed by atoms with van der Waals surface area (Å²) in [4.78, 5) is 9.20. The largest absolute Gasteiger partial charge is 0.507 e. The van der Waals surface area contributed by atoms with Gasteiger partial charge in [-0.3, -0.25) is 4.99 Å².